The molecule has 1 aliphatic heterocycles. The summed E-state index contributed by atoms with van der Waals surface area (Å²) in [6, 6.07) is 3.71. The Kier molecular flexibility index (Phi) is 4.26. The van der Waals surface area contributed by atoms with Crippen LogP contribution in [0.4, 0.5) is 0 Å². The van der Waals surface area contributed by atoms with Gasteiger partial charge in [0.05, 0.1) is 18.6 Å². The van der Waals surface area contributed by atoms with Gasteiger partial charge in [-0.25, -0.2) is 13.2 Å². The lowest BCUT2D eigenvalue weighted by molar-refractivity contribution is 0.0594. The molecular weight excluding hydrogens is 268 g/mol. The fraction of sp³-hybridized carbons (Fsp3) is 0.583. The smallest absolute Gasteiger partial charge is 0.354 e. The molecule has 1 aromatic heterocycles. The average molecular weight is 286 g/mol. The molecule has 0 spiro atoms. The number of nitrogens with one attached hydrogen (secondary N) is 2. The zero-order valence-electron chi connectivity index (χ0n) is 10.8. The third-order valence-electron chi connectivity index (χ3n) is 3.29. The van der Waals surface area contributed by atoms with Gasteiger partial charge in [-0.15, -0.1) is 0 Å². The van der Waals surface area contributed by atoms with Gasteiger partial charge in [0.25, 0.3) is 0 Å². The van der Waals surface area contributed by atoms with Gasteiger partial charge in [0.2, 0.25) is 0 Å². The molecule has 1 fully saturated rings. The summed E-state index contributed by atoms with van der Waals surface area (Å²) in [5.41, 5.74) is 1.30. The second kappa shape index (κ2) is 5.75. The van der Waals surface area contributed by atoms with Crippen molar-refractivity contribution in [2.24, 2.45) is 0 Å². The number of ether oxygens (including phenoxy) is 1. The van der Waals surface area contributed by atoms with Crippen molar-refractivity contribution in [1.82, 2.24) is 10.3 Å². The van der Waals surface area contributed by atoms with E-state index < -0.39 is 15.8 Å². The summed E-state index contributed by atoms with van der Waals surface area (Å²) in [4.78, 5) is 14.2. The molecule has 2 rings (SSSR count). The highest BCUT2D eigenvalue weighted by Crippen LogP contribution is 2.13. The van der Waals surface area contributed by atoms with E-state index in [1.54, 1.807) is 6.07 Å². The Balaban J connectivity index is 1.83. The predicted molar refractivity (Wildman–Crippen MR) is 70.6 cm³/mol. The van der Waals surface area contributed by atoms with Crippen molar-refractivity contribution >= 4 is 15.8 Å². The summed E-state index contributed by atoms with van der Waals surface area (Å²) >= 11 is 0. The molecule has 0 aliphatic carbocycles. The van der Waals surface area contributed by atoms with Gasteiger partial charge >= 0.3 is 5.97 Å². The summed E-state index contributed by atoms with van der Waals surface area (Å²) in [7, 11) is -1.48. The largest absolute Gasteiger partial charge is 0.464 e. The second-order valence-corrected chi connectivity index (χ2v) is 7.00. The number of sulfone groups is 1. The van der Waals surface area contributed by atoms with Crippen molar-refractivity contribution in [3.63, 3.8) is 0 Å². The van der Waals surface area contributed by atoms with E-state index in [9.17, 15) is 13.2 Å². The topological polar surface area (TPSA) is 88.3 Å². The number of rotatable bonds is 4. The van der Waals surface area contributed by atoms with Crippen LogP contribution < -0.4 is 5.32 Å². The molecule has 0 saturated carbocycles. The lowest BCUT2D eigenvalue weighted by Gasteiger charge is -2.22. The molecule has 19 heavy (non-hydrogen) atoms. The van der Waals surface area contributed by atoms with Crippen LogP contribution in [0.25, 0.3) is 0 Å². The molecule has 2 heterocycles. The summed E-state index contributed by atoms with van der Waals surface area (Å²) in [6.07, 6.45) is 1.29. The minimum Gasteiger partial charge on any atom is -0.464 e. The number of H-pyrrole nitrogens is 1. The first-order chi connectivity index (χ1) is 9.00. The molecule has 1 aromatic rings. The molecule has 106 valence electrons. The number of aromatic nitrogens is 1. The van der Waals surface area contributed by atoms with E-state index in [1.165, 1.54) is 7.11 Å². The number of hydrogen-bond donors (Lipinski definition) is 2. The van der Waals surface area contributed by atoms with E-state index in [0.717, 1.165) is 5.69 Å². The van der Waals surface area contributed by atoms with Gasteiger partial charge in [-0.3, -0.25) is 0 Å². The number of esters is 1. The van der Waals surface area contributed by atoms with Crippen LogP contribution in [0.3, 0.4) is 0 Å². The minimum absolute atomic E-state index is 0.216. The van der Waals surface area contributed by atoms with Gasteiger partial charge < -0.3 is 15.0 Å². The lowest BCUT2D eigenvalue weighted by atomic mass is 10.1. The molecule has 7 heteroatoms. The summed E-state index contributed by atoms with van der Waals surface area (Å²) in [5, 5.41) is 3.30. The minimum atomic E-state index is -2.82. The van der Waals surface area contributed by atoms with Gasteiger partial charge in [-0.1, -0.05) is 0 Å². The third-order valence-corrected chi connectivity index (χ3v) is 5.00. The molecule has 0 amide bonds. The molecule has 6 nitrogen and oxygen atoms in total. The highest BCUT2D eigenvalue weighted by Gasteiger charge is 2.23. The van der Waals surface area contributed by atoms with Crippen molar-refractivity contribution in [2.45, 2.75) is 25.4 Å². The van der Waals surface area contributed by atoms with E-state index in [1.807, 2.05) is 6.07 Å². The van der Waals surface area contributed by atoms with Crippen LogP contribution >= 0.6 is 0 Å². The quantitative estimate of drug-likeness (QED) is 0.785. The molecule has 0 unspecified atom stereocenters. The maximum absolute atomic E-state index is 11.3. The van der Waals surface area contributed by atoms with E-state index in [0.29, 0.717) is 25.1 Å². The Labute approximate surface area is 112 Å². The van der Waals surface area contributed by atoms with Crippen LogP contribution in [0.5, 0.6) is 0 Å². The summed E-state index contributed by atoms with van der Waals surface area (Å²) in [6.45, 7) is 0.585. The highest BCUT2D eigenvalue weighted by molar-refractivity contribution is 7.91. The van der Waals surface area contributed by atoms with Crippen LogP contribution in [0, 0.1) is 0 Å². The van der Waals surface area contributed by atoms with E-state index in [2.05, 4.69) is 15.0 Å². The van der Waals surface area contributed by atoms with Gasteiger partial charge in [-0.05, 0) is 25.0 Å². The molecule has 0 radical (unpaired) electrons. The standard InChI is InChI=1S/C12H18N2O4S/c1-18-12(15)11-3-2-10(14-11)8-13-9-4-6-19(16,17)7-5-9/h2-3,9,13-14H,4-8H2,1H3. The van der Waals surface area contributed by atoms with Gasteiger partial charge in [0.1, 0.15) is 15.5 Å². The fourth-order valence-electron chi connectivity index (χ4n) is 2.12. The third kappa shape index (κ3) is 3.81. The maximum atomic E-state index is 11.3. The second-order valence-electron chi connectivity index (χ2n) is 4.70. The van der Waals surface area contributed by atoms with Crippen molar-refractivity contribution < 1.29 is 17.9 Å². The van der Waals surface area contributed by atoms with Gasteiger partial charge in [-0.2, -0.15) is 0 Å². The predicted octanol–water partition coefficient (Wildman–Crippen LogP) is 0.468. The Morgan fingerprint density at radius 2 is 2.11 bits per heavy atom. The molecule has 0 aromatic carbocycles. The highest BCUT2D eigenvalue weighted by atomic mass is 32.2. The Bertz CT molecular complexity index is 536. The van der Waals surface area contributed by atoms with E-state index >= 15 is 0 Å². The monoisotopic (exact) mass is 286 g/mol. The van der Waals surface area contributed by atoms with Crippen molar-refractivity contribution in [2.75, 3.05) is 18.6 Å². The van der Waals surface area contributed by atoms with Crippen LogP contribution in [0.2, 0.25) is 0 Å². The maximum Gasteiger partial charge on any atom is 0.354 e. The lowest BCUT2D eigenvalue weighted by Crippen LogP contribution is -2.37. The van der Waals surface area contributed by atoms with Crippen LogP contribution in [0.15, 0.2) is 12.1 Å². The summed E-state index contributed by atoms with van der Waals surface area (Å²) < 4.78 is 27.2. The zero-order valence-corrected chi connectivity index (χ0v) is 11.6. The Morgan fingerprint density at radius 3 is 2.74 bits per heavy atom. The molecule has 1 aliphatic rings. The average Bonchev–Trinajstić information content (AvgIpc) is 2.85. The number of hydrogen-bond acceptors (Lipinski definition) is 5. The molecule has 0 atom stereocenters. The number of methoxy groups -OCH3 is 1. The van der Waals surface area contributed by atoms with E-state index in [4.69, 9.17) is 0 Å². The molecule has 2 N–H and O–H groups in total. The number of carbonyl (C=O) groups is 1. The Morgan fingerprint density at radius 1 is 1.42 bits per heavy atom. The molecule has 1 saturated heterocycles. The van der Waals surface area contributed by atoms with Crippen LogP contribution in [-0.4, -0.2) is 44.0 Å². The Hall–Kier alpha value is -1.34. The molecular formula is C12H18N2O4S. The fourth-order valence-corrected chi connectivity index (χ4v) is 3.61. The van der Waals surface area contributed by atoms with E-state index in [-0.39, 0.29) is 17.5 Å². The number of carbonyl (C=O) groups excluding carboxylic acids is 1. The first-order valence-electron chi connectivity index (χ1n) is 6.20. The first-order valence-corrected chi connectivity index (χ1v) is 8.02. The number of aromatic amines is 1. The van der Waals surface area contributed by atoms with Crippen molar-refractivity contribution in [3.05, 3.63) is 23.5 Å². The van der Waals surface area contributed by atoms with Crippen molar-refractivity contribution in [3.8, 4) is 0 Å². The van der Waals surface area contributed by atoms with Crippen molar-refractivity contribution in [1.29, 1.82) is 0 Å². The first kappa shape index (κ1) is 14.1. The zero-order chi connectivity index (χ0) is 13.9. The molecule has 0 bridgehead atoms. The normalized spacial score (nSPS) is 19.2. The van der Waals surface area contributed by atoms with Crippen LogP contribution in [0.1, 0.15) is 29.0 Å². The van der Waals surface area contributed by atoms with Crippen LogP contribution in [-0.2, 0) is 21.1 Å². The van der Waals surface area contributed by atoms with Gasteiger partial charge in [0, 0.05) is 18.3 Å². The SMILES string of the molecule is COC(=O)c1ccc(CNC2CCS(=O)(=O)CC2)[nH]1. The summed E-state index contributed by atoms with van der Waals surface area (Å²) in [5.74, 6) is 0.112. The van der Waals surface area contributed by atoms with Gasteiger partial charge in [0.15, 0.2) is 0 Å².